The van der Waals surface area contributed by atoms with E-state index < -0.39 is 0 Å². The fourth-order valence-electron chi connectivity index (χ4n) is 3.00. The SMILES string of the molecule is CCCNC12C#CCC3=CC(C1)C32. The third kappa shape index (κ3) is 0.823. The number of rotatable bonds is 3. The molecule has 1 heteroatoms. The molecule has 0 radical (unpaired) electrons. The van der Waals surface area contributed by atoms with E-state index in [1.165, 1.54) is 12.8 Å². The molecule has 13 heavy (non-hydrogen) atoms. The third-order valence-electron chi connectivity index (χ3n) is 3.64. The number of nitrogens with one attached hydrogen (secondary N) is 1. The minimum atomic E-state index is 0.211. The van der Waals surface area contributed by atoms with Gasteiger partial charge in [-0.3, -0.25) is 0 Å². The van der Waals surface area contributed by atoms with Gasteiger partial charge in [-0.15, -0.1) is 0 Å². The molecule has 0 saturated heterocycles. The van der Waals surface area contributed by atoms with Crippen LogP contribution in [0.15, 0.2) is 11.6 Å². The minimum absolute atomic E-state index is 0.211. The van der Waals surface area contributed by atoms with E-state index in [1.54, 1.807) is 5.57 Å². The molecule has 0 aromatic carbocycles. The van der Waals surface area contributed by atoms with Gasteiger partial charge in [0.2, 0.25) is 0 Å². The topological polar surface area (TPSA) is 12.0 Å². The van der Waals surface area contributed by atoms with E-state index in [0.29, 0.717) is 0 Å². The summed E-state index contributed by atoms with van der Waals surface area (Å²) in [5.41, 5.74) is 1.82. The second-order valence-electron chi connectivity index (χ2n) is 4.46. The predicted octanol–water partition coefficient (Wildman–Crippen LogP) is 1.71. The lowest BCUT2D eigenvalue weighted by Gasteiger charge is -2.59. The predicted molar refractivity (Wildman–Crippen MR) is 53.1 cm³/mol. The molecule has 3 unspecified atom stereocenters. The molecule has 1 fully saturated rings. The Bertz CT molecular complexity index is 331. The van der Waals surface area contributed by atoms with Crippen molar-refractivity contribution in [2.45, 2.75) is 31.7 Å². The first kappa shape index (κ1) is 7.64. The molecule has 3 rings (SSSR count). The Kier molecular flexibility index (Phi) is 1.41. The Labute approximate surface area is 79.6 Å². The number of allylic oxidation sites excluding steroid dienone is 1. The van der Waals surface area contributed by atoms with Crippen LogP contribution >= 0.6 is 0 Å². The van der Waals surface area contributed by atoms with Crippen LogP contribution in [0, 0.1) is 23.7 Å². The first-order chi connectivity index (χ1) is 6.36. The van der Waals surface area contributed by atoms with Gasteiger partial charge in [0, 0.05) is 12.3 Å². The fraction of sp³-hybridized carbons (Fsp3) is 0.667. The summed E-state index contributed by atoms with van der Waals surface area (Å²) in [5.74, 6) is 8.36. The largest absolute Gasteiger partial charge is 0.301 e. The van der Waals surface area contributed by atoms with Crippen molar-refractivity contribution in [3.8, 4) is 11.8 Å². The van der Waals surface area contributed by atoms with Gasteiger partial charge in [-0.1, -0.05) is 30.4 Å². The van der Waals surface area contributed by atoms with Crippen LogP contribution in [0.25, 0.3) is 0 Å². The lowest BCUT2D eigenvalue weighted by Crippen LogP contribution is -2.66. The molecule has 0 spiro atoms. The Morgan fingerprint density at radius 1 is 1.69 bits per heavy atom. The molecule has 1 nitrogen and oxygen atoms in total. The first-order valence-electron chi connectivity index (χ1n) is 5.31. The van der Waals surface area contributed by atoms with Crippen molar-refractivity contribution in [2.24, 2.45) is 11.8 Å². The van der Waals surface area contributed by atoms with Gasteiger partial charge in [-0.25, -0.2) is 0 Å². The van der Waals surface area contributed by atoms with Crippen LogP contribution in [0.1, 0.15) is 26.2 Å². The van der Waals surface area contributed by atoms with Crippen LogP contribution in [-0.2, 0) is 0 Å². The Morgan fingerprint density at radius 3 is 3.38 bits per heavy atom. The highest BCUT2D eigenvalue weighted by Crippen LogP contribution is 2.57. The van der Waals surface area contributed by atoms with Gasteiger partial charge in [-0.2, -0.15) is 0 Å². The second-order valence-corrected chi connectivity index (χ2v) is 4.46. The highest BCUT2D eigenvalue weighted by atomic mass is 15.0. The zero-order valence-corrected chi connectivity index (χ0v) is 8.06. The van der Waals surface area contributed by atoms with Gasteiger partial charge < -0.3 is 5.32 Å². The van der Waals surface area contributed by atoms with Gasteiger partial charge in [0.05, 0.1) is 5.54 Å². The van der Waals surface area contributed by atoms with Crippen LogP contribution in [0.4, 0.5) is 0 Å². The molecule has 0 amide bonds. The molecule has 3 aliphatic carbocycles. The van der Waals surface area contributed by atoms with E-state index in [-0.39, 0.29) is 5.54 Å². The lowest BCUT2D eigenvalue weighted by molar-refractivity contribution is 0.0789. The summed E-state index contributed by atoms with van der Waals surface area (Å²) in [5, 5.41) is 3.63. The summed E-state index contributed by atoms with van der Waals surface area (Å²) >= 11 is 0. The van der Waals surface area contributed by atoms with Crippen molar-refractivity contribution in [1.29, 1.82) is 0 Å². The molecule has 0 aromatic rings. The normalized spacial score (nSPS) is 43.3. The van der Waals surface area contributed by atoms with E-state index in [9.17, 15) is 0 Å². The molecule has 3 atom stereocenters. The highest BCUT2D eigenvalue weighted by molar-refractivity contribution is 5.48. The molecular weight excluding hydrogens is 158 g/mol. The standard InChI is InChI=1S/C12H15N/c1-2-6-13-12-5-3-4-9-7-10(8-12)11(9)12/h7,10-11,13H,2,4,6,8H2,1H3. The molecule has 1 saturated carbocycles. The Hall–Kier alpha value is -0.740. The number of hydrogen-bond donors (Lipinski definition) is 1. The first-order valence-corrected chi connectivity index (χ1v) is 5.31. The van der Waals surface area contributed by atoms with Crippen LogP contribution in [-0.4, -0.2) is 12.1 Å². The van der Waals surface area contributed by atoms with Crippen molar-refractivity contribution >= 4 is 0 Å². The van der Waals surface area contributed by atoms with Crippen molar-refractivity contribution in [2.75, 3.05) is 6.54 Å². The maximum Gasteiger partial charge on any atom is 0.0878 e. The van der Waals surface area contributed by atoms with Crippen LogP contribution < -0.4 is 5.32 Å². The van der Waals surface area contributed by atoms with Crippen molar-refractivity contribution in [3.05, 3.63) is 11.6 Å². The summed E-state index contributed by atoms with van der Waals surface area (Å²) in [6.07, 6.45) is 5.94. The zero-order chi connectivity index (χ0) is 8.89. The Balaban J connectivity index is 1.83. The smallest absolute Gasteiger partial charge is 0.0878 e. The molecule has 68 valence electrons. The maximum atomic E-state index is 3.63. The van der Waals surface area contributed by atoms with Gasteiger partial charge in [0.25, 0.3) is 0 Å². The zero-order valence-electron chi connectivity index (χ0n) is 8.06. The summed E-state index contributed by atoms with van der Waals surface area (Å²) in [7, 11) is 0. The third-order valence-corrected chi connectivity index (χ3v) is 3.64. The molecule has 0 aromatic heterocycles. The number of hydrogen-bond acceptors (Lipinski definition) is 1. The van der Waals surface area contributed by atoms with E-state index in [4.69, 9.17) is 0 Å². The molecule has 0 aliphatic heterocycles. The monoisotopic (exact) mass is 173 g/mol. The van der Waals surface area contributed by atoms with Crippen molar-refractivity contribution < 1.29 is 0 Å². The minimum Gasteiger partial charge on any atom is -0.301 e. The average Bonchev–Trinajstić information content (AvgIpc) is 2.05. The van der Waals surface area contributed by atoms with E-state index >= 15 is 0 Å². The van der Waals surface area contributed by atoms with E-state index in [1.807, 2.05) is 0 Å². The molecule has 0 heterocycles. The van der Waals surface area contributed by atoms with E-state index in [2.05, 4.69) is 30.2 Å². The maximum absolute atomic E-state index is 3.63. The van der Waals surface area contributed by atoms with Crippen LogP contribution in [0.2, 0.25) is 0 Å². The molecule has 0 bridgehead atoms. The summed E-state index contributed by atoms with van der Waals surface area (Å²) < 4.78 is 0. The Morgan fingerprint density at radius 2 is 2.62 bits per heavy atom. The fourth-order valence-corrected chi connectivity index (χ4v) is 3.00. The highest BCUT2D eigenvalue weighted by Gasteiger charge is 2.58. The van der Waals surface area contributed by atoms with E-state index in [0.717, 1.165) is 24.8 Å². The lowest BCUT2D eigenvalue weighted by atomic mass is 9.48. The van der Waals surface area contributed by atoms with Gasteiger partial charge in [-0.05, 0) is 25.3 Å². The van der Waals surface area contributed by atoms with Crippen LogP contribution in [0.5, 0.6) is 0 Å². The van der Waals surface area contributed by atoms with Crippen LogP contribution in [0.3, 0.4) is 0 Å². The second kappa shape index (κ2) is 2.39. The van der Waals surface area contributed by atoms with Crippen molar-refractivity contribution in [1.82, 2.24) is 5.32 Å². The molecular formula is C12H15N. The van der Waals surface area contributed by atoms with Gasteiger partial charge in [0.15, 0.2) is 0 Å². The van der Waals surface area contributed by atoms with Gasteiger partial charge in [0.1, 0.15) is 0 Å². The molecule has 3 aliphatic rings. The van der Waals surface area contributed by atoms with Crippen molar-refractivity contribution in [3.63, 3.8) is 0 Å². The summed E-state index contributed by atoms with van der Waals surface area (Å²) in [4.78, 5) is 0. The summed E-state index contributed by atoms with van der Waals surface area (Å²) in [6, 6.07) is 0. The van der Waals surface area contributed by atoms with Gasteiger partial charge >= 0.3 is 0 Å². The average molecular weight is 173 g/mol. The summed E-state index contributed by atoms with van der Waals surface area (Å²) in [6.45, 7) is 3.33. The quantitative estimate of drug-likeness (QED) is 0.506. The molecule has 1 N–H and O–H groups in total.